The molecule has 6 nitrogen and oxygen atoms in total. The summed E-state index contributed by atoms with van der Waals surface area (Å²) in [5, 5.41) is 0. The van der Waals surface area contributed by atoms with Crippen LogP contribution in [0, 0.1) is 0 Å². The van der Waals surface area contributed by atoms with Gasteiger partial charge in [-0.1, -0.05) is 19.1 Å². The third-order valence-corrected chi connectivity index (χ3v) is 9.43. The van der Waals surface area contributed by atoms with Crippen LogP contribution in [0.5, 0.6) is 5.75 Å². The van der Waals surface area contributed by atoms with Gasteiger partial charge in [-0.2, -0.15) is 4.31 Å². The van der Waals surface area contributed by atoms with E-state index in [1.165, 1.54) is 15.6 Å². The Hall–Kier alpha value is -1.42. The Morgan fingerprint density at radius 2 is 1.86 bits per heavy atom. The smallest absolute Gasteiger partial charge is 0.257 e. The minimum Gasteiger partial charge on any atom is -0.489 e. The molecule has 1 amide bonds. The van der Waals surface area contributed by atoms with Gasteiger partial charge in [-0.05, 0) is 41.1 Å². The SMILES string of the molecule is C[C@H]1Oc2c(C(=O)N3CCN(S(=O)(=O)c4ccc(Br)s4)CC3)cccc2[C@@H]1C. The lowest BCUT2D eigenvalue weighted by Crippen LogP contribution is -2.50. The van der Waals surface area contributed by atoms with Crippen LogP contribution >= 0.6 is 27.3 Å². The second-order valence-electron chi connectivity index (χ2n) is 7.09. The molecule has 0 radical (unpaired) electrons. The Morgan fingerprint density at radius 1 is 1.14 bits per heavy atom. The summed E-state index contributed by atoms with van der Waals surface area (Å²) in [5.41, 5.74) is 1.62. The zero-order chi connectivity index (χ0) is 20.1. The van der Waals surface area contributed by atoms with Crippen molar-refractivity contribution >= 4 is 43.2 Å². The summed E-state index contributed by atoms with van der Waals surface area (Å²) in [6.07, 6.45) is 0.0380. The molecule has 4 rings (SSSR count). The van der Waals surface area contributed by atoms with Gasteiger partial charge in [0.05, 0.1) is 9.35 Å². The largest absolute Gasteiger partial charge is 0.489 e. The minimum atomic E-state index is -3.52. The molecule has 0 N–H and O–H groups in total. The number of carbonyl (C=O) groups excluding carboxylic acids is 1. The number of halogens is 1. The highest BCUT2D eigenvalue weighted by Crippen LogP contribution is 2.40. The van der Waals surface area contributed by atoms with Crippen LogP contribution in [0.2, 0.25) is 0 Å². The molecule has 1 aromatic carbocycles. The summed E-state index contributed by atoms with van der Waals surface area (Å²) in [5.74, 6) is 0.815. The molecule has 1 saturated heterocycles. The van der Waals surface area contributed by atoms with Crippen LogP contribution in [0.4, 0.5) is 0 Å². The molecule has 150 valence electrons. The van der Waals surface area contributed by atoms with Gasteiger partial charge in [0.1, 0.15) is 16.1 Å². The van der Waals surface area contributed by atoms with E-state index in [1.807, 2.05) is 19.1 Å². The summed E-state index contributed by atoms with van der Waals surface area (Å²) in [6, 6.07) is 9.02. The average molecular weight is 485 g/mol. The Morgan fingerprint density at radius 3 is 2.50 bits per heavy atom. The van der Waals surface area contributed by atoms with Crippen LogP contribution in [0.3, 0.4) is 0 Å². The summed E-state index contributed by atoms with van der Waals surface area (Å²) in [7, 11) is -3.52. The number of benzene rings is 1. The van der Waals surface area contributed by atoms with E-state index in [2.05, 4.69) is 22.9 Å². The molecule has 28 heavy (non-hydrogen) atoms. The monoisotopic (exact) mass is 484 g/mol. The van der Waals surface area contributed by atoms with Crippen molar-refractivity contribution in [2.45, 2.75) is 30.1 Å². The van der Waals surface area contributed by atoms with E-state index in [0.717, 1.165) is 9.35 Å². The van der Waals surface area contributed by atoms with Crippen molar-refractivity contribution in [2.75, 3.05) is 26.2 Å². The van der Waals surface area contributed by atoms with Crippen molar-refractivity contribution in [1.29, 1.82) is 0 Å². The Bertz CT molecular complexity index is 1010. The molecule has 1 fully saturated rings. The fourth-order valence-electron chi connectivity index (χ4n) is 3.62. The van der Waals surface area contributed by atoms with E-state index in [9.17, 15) is 13.2 Å². The Labute approximate surface area is 177 Å². The van der Waals surface area contributed by atoms with E-state index in [4.69, 9.17) is 4.74 Å². The van der Waals surface area contributed by atoms with Crippen molar-refractivity contribution in [3.8, 4) is 5.75 Å². The van der Waals surface area contributed by atoms with Crippen LogP contribution in [0.15, 0.2) is 38.3 Å². The maximum Gasteiger partial charge on any atom is 0.257 e. The number of carbonyl (C=O) groups is 1. The van der Waals surface area contributed by atoms with E-state index >= 15 is 0 Å². The molecule has 0 unspecified atom stereocenters. The summed E-state index contributed by atoms with van der Waals surface area (Å²) in [4.78, 5) is 14.8. The van der Waals surface area contributed by atoms with E-state index < -0.39 is 10.0 Å². The maximum absolute atomic E-state index is 13.1. The lowest BCUT2D eigenvalue weighted by atomic mass is 9.96. The van der Waals surface area contributed by atoms with Crippen LogP contribution in [-0.4, -0.2) is 55.8 Å². The quantitative estimate of drug-likeness (QED) is 0.667. The number of hydrogen-bond acceptors (Lipinski definition) is 5. The van der Waals surface area contributed by atoms with Gasteiger partial charge in [0.25, 0.3) is 15.9 Å². The third kappa shape index (κ3) is 3.38. The lowest BCUT2D eigenvalue weighted by Gasteiger charge is -2.34. The average Bonchev–Trinajstić information content (AvgIpc) is 3.25. The molecule has 2 aliphatic rings. The predicted octanol–water partition coefficient (Wildman–Crippen LogP) is 3.54. The molecule has 0 aliphatic carbocycles. The van der Waals surface area contributed by atoms with Gasteiger partial charge in [0, 0.05) is 37.7 Å². The molecule has 2 aliphatic heterocycles. The first-order valence-electron chi connectivity index (χ1n) is 9.13. The summed E-state index contributed by atoms with van der Waals surface area (Å²) >= 11 is 4.50. The molecule has 0 saturated carbocycles. The molecule has 2 aromatic rings. The first-order chi connectivity index (χ1) is 13.3. The predicted molar refractivity (Wildman–Crippen MR) is 112 cm³/mol. The standard InChI is InChI=1S/C19H21BrN2O4S2/c1-12-13(2)26-18-14(12)4-3-5-15(18)19(23)21-8-10-22(11-9-21)28(24,25)17-7-6-16(20)27-17/h3-7,12-13H,8-11H2,1-2H3/t12-,13-/m1/s1. The number of para-hydroxylation sites is 1. The third-order valence-electron chi connectivity index (χ3n) is 5.44. The maximum atomic E-state index is 13.1. The van der Waals surface area contributed by atoms with Gasteiger partial charge in [-0.15, -0.1) is 11.3 Å². The Kier molecular flexibility index (Phi) is 5.28. The van der Waals surface area contributed by atoms with Crippen molar-refractivity contribution in [3.05, 3.63) is 45.2 Å². The van der Waals surface area contributed by atoms with Crippen molar-refractivity contribution < 1.29 is 17.9 Å². The normalized spacial score (nSPS) is 22.8. The van der Waals surface area contributed by atoms with E-state index in [-0.39, 0.29) is 31.0 Å². The van der Waals surface area contributed by atoms with Gasteiger partial charge in [-0.3, -0.25) is 4.79 Å². The van der Waals surface area contributed by atoms with Crippen molar-refractivity contribution in [3.63, 3.8) is 0 Å². The first-order valence-corrected chi connectivity index (χ1v) is 12.2. The Balaban J connectivity index is 1.49. The van der Waals surface area contributed by atoms with E-state index in [0.29, 0.717) is 28.6 Å². The highest BCUT2D eigenvalue weighted by Gasteiger charge is 2.35. The summed E-state index contributed by atoms with van der Waals surface area (Å²) in [6.45, 7) is 5.39. The van der Waals surface area contributed by atoms with Gasteiger partial charge < -0.3 is 9.64 Å². The molecular weight excluding hydrogens is 464 g/mol. The minimum absolute atomic E-state index is 0.0380. The van der Waals surface area contributed by atoms with Gasteiger partial charge in [0.2, 0.25) is 0 Å². The second kappa shape index (κ2) is 7.44. The molecule has 1 aromatic heterocycles. The number of ether oxygens (including phenoxy) is 1. The highest BCUT2D eigenvalue weighted by atomic mass is 79.9. The van der Waals surface area contributed by atoms with Gasteiger partial charge >= 0.3 is 0 Å². The molecule has 0 bridgehead atoms. The zero-order valence-electron chi connectivity index (χ0n) is 15.6. The number of piperazine rings is 1. The fraction of sp³-hybridized carbons (Fsp3) is 0.421. The molecule has 3 heterocycles. The number of amides is 1. The molecule has 9 heteroatoms. The summed E-state index contributed by atoms with van der Waals surface area (Å²) < 4.78 is 34.0. The van der Waals surface area contributed by atoms with Gasteiger partial charge in [0.15, 0.2) is 0 Å². The lowest BCUT2D eigenvalue weighted by molar-refractivity contribution is 0.0693. The van der Waals surface area contributed by atoms with Gasteiger partial charge in [-0.25, -0.2) is 8.42 Å². The van der Waals surface area contributed by atoms with Crippen LogP contribution < -0.4 is 4.74 Å². The molecule has 2 atom stereocenters. The number of sulfonamides is 1. The van der Waals surface area contributed by atoms with Crippen LogP contribution in [0.1, 0.15) is 35.7 Å². The number of hydrogen-bond donors (Lipinski definition) is 0. The number of fused-ring (bicyclic) bond motifs is 1. The fourth-order valence-corrected chi connectivity index (χ4v) is 7.21. The molecular formula is C19H21BrN2O4S2. The van der Waals surface area contributed by atoms with Crippen LogP contribution in [-0.2, 0) is 10.0 Å². The van der Waals surface area contributed by atoms with Crippen molar-refractivity contribution in [2.24, 2.45) is 0 Å². The topological polar surface area (TPSA) is 66.9 Å². The highest BCUT2D eigenvalue weighted by molar-refractivity contribution is 9.11. The van der Waals surface area contributed by atoms with E-state index in [1.54, 1.807) is 23.1 Å². The zero-order valence-corrected chi connectivity index (χ0v) is 18.8. The number of thiophene rings is 1. The first kappa shape index (κ1) is 19.9. The number of nitrogens with zero attached hydrogens (tertiary/aromatic N) is 2. The second-order valence-corrected chi connectivity index (χ2v) is 11.7. The molecule has 0 spiro atoms. The van der Waals surface area contributed by atoms with Crippen molar-refractivity contribution in [1.82, 2.24) is 9.21 Å². The van der Waals surface area contributed by atoms with Crippen LogP contribution in [0.25, 0.3) is 0 Å². The number of rotatable bonds is 3.